The van der Waals surface area contributed by atoms with E-state index in [1.807, 2.05) is 32.4 Å². The maximum atomic E-state index is 13.3. The molecule has 0 amide bonds. The van der Waals surface area contributed by atoms with Crippen LogP contribution in [0.15, 0.2) is 178 Å². The van der Waals surface area contributed by atoms with E-state index < -0.39 is 70.5 Å². The Labute approximate surface area is 800 Å². The molecule has 0 aliphatic heterocycles. The minimum atomic E-state index is -4.67. The van der Waals surface area contributed by atoms with Crippen molar-refractivity contribution in [1.82, 2.24) is 88.1 Å². The van der Waals surface area contributed by atoms with Gasteiger partial charge in [-0.3, -0.25) is 15.0 Å². The zero-order chi connectivity index (χ0) is 97.9. The summed E-state index contributed by atoms with van der Waals surface area (Å²) in [4.78, 5) is 44.2. The number of hydrogen-bond donors (Lipinski definition) is 4. The van der Waals surface area contributed by atoms with Crippen molar-refractivity contribution in [2.45, 2.75) is 100 Å². The summed E-state index contributed by atoms with van der Waals surface area (Å²) in [6, 6.07) is 25.2. The summed E-state index contributed by atoms with van der Waals surface area (Å²) in [6.07, 6.45) is 2.80. The van der Waals surface area contributed by atoms with E-state index in [1.165, 1.54) is 83.4 Å². The maximum Gasteiger partial charge on any atom is 0.433 e. The molecule has 4 atom stereocenters. The number of alkyl halides is 11. The molecule has 45 heteroatoms. The number of aromatic nitrogens is 18. The Bertz CT molecular complexity index is 7110. The smallest absolute Gasteiger partial charge is 0.433 e. The zero-order valence-electron chi connectivity index (χ0n) is 72.1. The molecule has 0 spiro atoms. The molecule has 0 radical (unpaired) electrons. The summed E-state index contributed by atoms with van der Waals surface area (Å²) in [5.41, 5.74) is -5.41. The minimum absolute atomic E-state index is 0.0126. The molecular weight excluding hydrogens is 1950 g/mol. The Morgan fingerprint density at radius 3 is 1.01 bits per heavy atom. The number of ether oxygens (including phenoxy) is 4. The Morgan fingerprint density at radius 1 is 0.400 bits per heavy atom. The summed E-state index contributed by atoms with van der Waals surface area (Å²) in [7, 11) is 8.49. The fourth-order valence-electron chi connectivity index (χ4n) is 14.9. The summed E-state index contributed by atoms with van der Waals surface area (Å²) in [5, 5.41) is 58.6. The molecule has 16 aromatic rings. The van der Waals surface area contributed by atoms with Gasteiger partial charge in [-0.1, -0.05) is 140 Å². The van der Waals surface area contributed by atoms with Crippen LogP contribution in [-0.2, 0) is 76.2 Å². The number of aliphatic hydroxyl groups is 4. The van der Waals surface area contributed by atoms with Crippen molar-refractivity contribution in [2.24, 2.45) is 41.2 Å². The SMILES string of the molecule is CCOc1c(Cl)nc2ccc(C(O)(c3ccc(C(F)(F)F)nc3)c3cncn3C)cc2c1Cl.Cc1ncc(C(O)(c2ccc3nc(Cl)c(OC(C)C)c(Cl)c3c2)c2cnnn2C)n1C.Cn1cncc1C(O)(c1ccc(C(F)(F)F)nc1)c1ccc2nc(Cl)c(OCC(C)(F)F)c(Cl)c2c1.Cn1cncc1C(O)(c1ccc(C(F)(F)F)nc1)c1ccc2nc(Cl)c(OCC3CC3)c(Cl)c2c1. The van der Waals surface area contributed by atoms with Crippen molar-refractivity contribution >= 4 is 136 Å². The lowest BCUT2D eigenvalue weighted by Crippen LogP contribution is -2.33. The second kappa shape index (κ2) is 38.6. The summed E-state index contributed by atoms with van der Waals surface area (Å²) in [5.74, 6) is -1.46. The second-order valence-electron chi connectivity index (χ2n) is 31.6. The molecule has 12 heterocycles. The molecule has 1 aliphatic rings. The van der Waals surface area contributed by atoms with E-state index in [9.17, 15) is 68.7 Å². The first-order valence-corrected chi connectivity index (χ1v) is 43.4. The second-order valence-corrected chi connectivity index (χ2v) is 34.6. The molecule has 1 fully saturated rings. The lowest BCUT2D eigenvalue weighted by Gasteiger charge is -2.30. The van der Waals surface area contributed by atoms with Crippen LogP contribution in [0.4, 0.5) is 48.3 Å². The molecule has 17 rings (SSSR count). The first-order valence-electron chi connectivity index (χ1n) is 40.4. The molecule has 4 N–H and O–H groups in total. The first-order chi connectivity index (χ1) is 63.5. The van der Waals surface area contributed by atoms with Crippen LogP contribution in [0.1, 0.15) is 131 Å². The predicted octanol–water partition coefficient (Wildman–Crippen LogP) is 20.9. The average Bonchev–Trinajstić information content (AvgIpc) is 1.73. The Morgan fingerprint density at radius 2 is 0.733 bits per heavy atom. The fraction of sp³-hybridized carbons (Fsp3) is 0.278. The fourth-order valence-corrected chi connectivity index (χ4v) is 17.2. The molecule has 1 aliphatic carbocycles. The minimum Gasteiger partial charge on any atom is -0.489 e. The molecule has 26 nitrogen and oxygen atoms in total. The predicted molar refractivity (Wildman–Crippen MR) is 483 cm³/mol. The van der Waals surface area contributed by atoms with E-state index in [4.69, 9.17) is 112 Å². The van der Waals surface area contributed by atoms with Gasteiger partial charge in [-0.05, 0) is 135 Å². The lowest BCUT2D eigenvalue weighted by molar-refractivity contribution is -0.142. The summed E-state index contributed by atoms with van der Waals surface area (Å²) >= 11 is 51.2. The third kappa shape index (κ3) is 20.0. The Balaban J connectivity index is 0.000000144. The topological polar surface area (TPSA) is 310 Å². The van der Waals surface area contributed by atoms with E-state index in [2.05, 4.69) is 65.1 Å². The van der Waals surface area contributed by atoms with Crippen molar-refractivity contribution in [3.63, 3.8) is 0 Å². The standard InChI is InChI=1S/C24H19Cl2F3N4O2.C23H17Cl2F5N4O2.C22H17Cl2F3N4O2.C21H22Cl2N6O2/c1-33-12-30-10-19(33)23(34,15-5-7-18(31-9-15)24(27,28)29)14-4-6-17-16(8-14)20(25)21(22(26)32-17)35-11-13-2-3-13;1-21(26,27)10-36-19-18(24)14-7-12(3-5-15(14)33-20(19)25)22(35,17-9-31-11-34(17)2)13-4-6-16(32-8-13)23(28,29)30;1-3-33-19-18(23)14-8-12(4-6-15(14)30-20(19)24)21(32,17-10-28-11-31(17)2)13-5-7-16(29-9-13)22(25,26)27;1-11(2)31-19-18(22)14-8-13(6-7-15(14)26-20(19)23)21(30,17-10-25-27-29(17)5)16-9-24-12(3)28(16)4/h4-10,12-13,34H,2-3,11H2,1H3;3-9,11,35H,10H2,1-2H3;4-11,32H,3H2,1-2H3;6-11,30H,1-5H3. The van der Waals surface area contributed by atoms with Gasteiger partial charge in [0, 0.05) is 99.0 Å². The number of pyridine rings is 7. The molecule has 0 saturated heterocycles. The monoisotopic (exact) mass is 2020 g/mol. The Kier molecular flexibility index (Phi) is 28.5. The van der Waals surface area contributed by atoms with E-state index in [-0.39, 0.29) is 97.9 Å². The summed E-state index contributed by atoms with van der Waals surface area (Å²) < 4.78 is 175. The van der Waals surface area contributed by atoms with Gasteiger partial charge in [-0.25, -0.2) is 53.3 Å². The van der Waals surface area contributed by atoms with Crippen molar-refractivity contribution in [3.8, 4) is 23.0 Å². The van der Waals surface area contributed by atoms with Crippen molar-refractivity contribution in [1.29, 1.82) is 0 Å². The summed E-state index contributed by atoms with van der Waals surface area (Å²) in [6.45, 7) is 7.84. The molecule has 0 bridgehead atoms. The first kappa shape index (κ1) is 99.5. The maximum absolute atomic E-state index is 13.3. The number of nitrogens with zero attached hydrogens (tertiary/aromatic N) is 18. The van der Waals surface area contributed by atoms with Crippen LogP contribution in [0, 0.1) is 12.8 Å². The van der Waals surface area contributed by atoms with Crippen LogP contribution in [0.5, 0.6) is 23.0 Å². The number of imidazole rings is 4. The van der Waals surface area contributed by atoms with Gasteiger partial charge in [0.2, 0.25) is 0 Å². The van der Waals surface area contributed by atoms with Crippen LogP contribution in [0.3, 0.4) is 0 Å². The van der Waals surface area contributed by atoms with Gasteiger partial charge in [0.1, 0.15) is 28.6 Å². The van der Waals surface area contributed by atoms with E-state index in [1.54, 1.807) is 105 Å². The van der Waals surface area contributed by atoms with Gasteiger partial charge >= 0.3 is 18.5 Å². The van der Waals surface area contributed by atoms with Crippen molar-refractivity contribution < 1.29 is 87.7 Å². The molecule has 4 aromatic carbocycles. The van der Waals surface area contributed by atoms with Crippen LogP contribution in [0.2, 0.25) is 40.7 Å². The molecule has 706 valence electrons. The molecule has 12 aromatic heterocycles. The number of halogens is 19. The molecule has 4 unspecified atom stereocenters. The normalized spacial score (nSPS) is 14.4. The third-order valence-electron chi connectivity index (χ3n) is 22.0. The largest absolute Gasteiger partial charge is 0.489 e. The van der Waals surface area contributed by atoms with Gasteiger partial charge in [-0.15, -0.1) is 5.10 Å². The van der Waals surface area contributed by atoms with Crippen molar-refractivity contribution in [3.05, 3.63) is 309 Å². The zero-order valence-corrected chi connectivity index (χ0v) is 78.1. The van der Waals surface area contributed by atoms with Crippen molar-refractivity contribution in [2.75, 3.05) is 19.8 Å². The van der Waals surface area contributed by atoms with E-state index >= 15 is 0 Å². The number of benzene rings is 4. The number of hydrogen-bond acceptors (Lipinski definition) is 21. The van der Waals surface area contributed by atoms with Gasteiger partial charge in [0.05, 0.1) is 134 Å². The highest BCUT2D eigenvalue weighted by molar-refractivity contribution is 6.42. The van der Waals surface area contributed by atoms with Gasteiger partial charge in [0.25, 0.3) is 5.92 Å². The van der Waals surface area contributed by atoms with Gasteiger partial charge in [-0.2, -0.15) is 39.5 Å². The highest BCUT2D eigenvalue weighted by Crippen LogP contribution is 2.50. The number of aryl methyl sites for hydroxylation is 5. The molecule has 135 heavy (non-hydrogen) atoms. The van der Waals surface area contributed by atoms with Gasteiger partial charge < -0.3 is 57.6 Å². The number of rotatable bonds is 22. The average molecular weight is 2030 g/mol. The highest BCUT2D eigenvalue weighted by atomic mass is 35.5. The number of fused-ring (bicyclic) bond motifs is 4. The highest BCUT2D eigenvalue weighted by Gasteiger charge is 2.46. The van der Waals surface area contributed by atoms with Gasteiger partial charge in [0.15, 0.2) is 72.6 Å². The van der Waals surface area contributed by atoms with Crippen LogP contribution >= 0.6 is 92.8 Å². The molecule has 1 saturated carbocycles. The van der Waals surface area contributed by atoms with E-state index in [0.29, 0.717) is 109 Å². The van der Waals surface area contributed by atoms with E-state index in [0.717, 1.165) is 61.5 Å². The third-order valence-corrected chi connectivity index (χ3v) is 24.5. The Hall–Kier alpha value is -11.5. The quantitative estimate of drug-likeness (QED) is 0.0362. The lowest BCUT2D eigenvalue weighted by atomic mass is 9.83. The molecular formula is C90H75Cl8F11N18O8. The van der Waals surface area contributed by atoms with Crippen LogP contribution < -0.4 is 18.9 Å². The van der Waals surface area contributed by atoms with Crippen LogP contribution in [0.25, 0.3) is 43.6 Å². The van der Waals surface area contributed by atoms with Crippen LogP contribution in [-0.4, -0.2) is 140 Å².